The molecule has 0 aromatic carbocycles. The van der Waals surface area contributed by atoms with Crippen LogP contribution in [0.1, 0.15) is 112 Å². The Labute approximate surface area is 196 Å². The molecular formula is C29H48O3. The first-order valence-electron chi connectivity index (χ1n) is 14.0. The second-order valence-corrected chi connectivity index (χ2v) is 13.5. The van der Waals surface area contributed by atoms with E-state index >= 15 is 0 Å². The van der Waals surface area contributed by atoms with E-state index in [0.29, 0.717) is 5.41 Å². The van der Waals surface area contributed by atoms with Crippen molar-refractivity contribution in [3.8, 4) is 0 Å². The van der Waals surface area contributed by atoms with Crippen molar-refractivity contribution < 1.29 is 14.3 Å². The Kier molecular flexibility index (Phi) is 5.79. The molecule has 0 unspecified atom stereocenters. The molecule has 5 aliphatic rings. The van der Waals surface area contributed by atoms with E-state index in [1.807, 2.05) is 0 Å². The highest BCUT2D eigenvalue weighted by Gasteiger charge is 2.76. The van der Waals surface area contributed by atoms with Gasteiger partial charge in [-0.1, -0.05) is 53.9 Å². The summed E-state index contributed by atoms with van der Waals surface area (Å²) in [5, 5.41) is 0. The summed E-state index contributed by atoms with van der Waals surface area (Å²) >= 11 is 0. The van der Waals surface area contributed by atoms with Crippen LogP contribution in [0.5, 0.6) is 0 Å². The number of hydrogen-bond donors (Lipinski definition) is 0. The van der Waals surface area contributed by atoms with E-state index in [0.717, 1.165) is 41.9 Å². The molecule has 0 aromatic rings. The SMILES string of the molecule is CC(=O)O[C@@H]1CC[C@]2(C)[C@@H]3CC[C@@]4(C)[C@@H](CC[C@H]4[C@H](C)CCCC(C)C)[C@@H]3CC[C@]23O[C@H]13. The Morgan fingerprint density at radius 1 is 0.969 bits per heavy atom. The van der Waals surface area contributed by atoms with Gasteiger partial charge in [-0.2, -0.15) is 0 Å². The Morgan fingerprint density at radius 3 is 2.47 bits per heavy atom. The highest BCUT2D eigenvalue weighted by molar-refractivity contribution is 5.66. The predicted octanol–water partition coefficient (Wildman–Crippen LogP) is 7.17. The van der Waals surface area contributed by atoms with Gasteiger partial charge in [0, 0.05) is 12.3 Å². The van der Waals surface area contributed by atoms with Crippen LogP contribution in [0, 0.1) is 46.3 Å². The quantitative estimate of drug-likeness (QED) is 0.322. The number of ether oxygens (including phenoxy) is 2. The number of carbonyl (C=O) groups is 1. The predicted molar refractivity (Wildman–Crippen MR) is 128 cm³/mol. The summed E-state index contributed by atoms with van der Waals surface area (Å²) in [4.78, 5) is 11.6. The molecule has 4 saturated carbocycles. The molecule has 5 rings (SSSR count). The van der Waals surface area contributed by atoms with Crippen LogP contribution >= 0.6 is 0 Å². The van der Waals surface area contributed by atoms with Crippen LogP contribution in [0.25, 0.3) is 0 Å². The molecular weight excluding hydrogens is 396 g/mol. The van der Waals surface area contributed by atoms with E-state index in [1.54, 1.807) is 6.92 Å². The zero-order chi connectivity index (χ0) is 22.9. The summed E-state index contributed by atoms with van der Waals surface area (Å²) in [6.07, 6.45) is 14.8. The average molecular weight is 445 g/mol. The van der Waals surface area contributed by atoms with Crippen LogP contribution in [0.3, 0.4) is 0 Å². The fraction of sp³-hybridized carbons (Fsp3) is 0.966. The lowest BCUT2D eigenvalue weighted by Crippen LogP contribution is -2.59. The molecule has 1 heterocycles. The summed E-state index contributed by atoms with van der Waals surface area (Å²) in [5.74, 6) is 5.08. The van der Waals surface area contributed by atoms with E-state index in [4.69, 9.17) is 9.47 Å². The summed E-state index contributed by atoms with van der Waals surface area (Å²) in [6, 6.07) is 0. The van der Waals surface area contributed by atoms with Gasteiger partial charge in [-0.15, -0.1) is 0 Å². The van der Waals surface area contributed by atoms with Gasteiger partial charge in [0.15, 0.2) is 0 Å². The summed E-state index contributed by atoms with van der Waals surface area (Å²) in [6.45, 7) is 14.1. The molecule has 32 heavy (non-hydrogen) atoms. The van der Waals surface area contributed by atoms with E-state index in [1.165, 1.54) is 64.2 Å². The van der Waals surface area contributed by atoms with Crippen molar-refractivity contribution in [2.45, 2.75) is 130 Å². The second-order valence-electron chi connectivity index (χ2n) is 13.5. The lowest BCUT2D eigenvalue weighted by molar-refractivity contribution is -0.152. The third-order valence-corrected chi connectivity index (χ3v) is 11.6. The molecule has 0 aromatic heterocycles. The molecule has 0 amide bonds. The van der Waals surface area contributed by atoms with Crippen molar-refractivity contribution >= 4 is 5.97 Å². The van der Waals surface area contributed by atoms with Crippen molar-refractivity contribution in [1.82, 2.24) is 0 Å². The highest BCUT2D eigenvalue weighted by atomic mass is 16.6. The highest BCUT2D eigenvalue weighted by Crippen LogP contribution is 2.73. The lowest BCUT2D eigenvalue weighted by atomic mass is 9.44. The fourth-order valence-corrected chi connectivity index (χ4v) is 10.0. The van der Waals surface area contributed by atoms with Gasteiger partial charge < -0.3 is 9.47 Å². The molecule has 5 fully saturated rings. The smallest absolute Gasteiger partial charge is 0.302 e. The van der Waals surface area contributed by atoms with Gasteiger partial charge >= 0.3 is 5.97 Å². The van der Waals surface area contributed by atoms with Crippen LogP contribution in [-0.2, 0) is 14.3 Å². The summed E-state index contributed by atoms with van der Waals surface area (Å²) in [7, 11) is 0. The molecule has 1 aliphatic heterocycles. The molecule has 3 heteroatoms. The Balaban J connectivity index is 1.30. The molecule has 1 spiro atoms. The van der Waals surface area contributed by atoms with Crippen molar-refractivity contribution in [3.63, 3.8) is 0 Å². The number of rotatable bonds is 6. The normalized spacial score (nSPS) is 50.1. The van der Waals surface area contributed by atoms with E-state index < -0.39 is 0 Å². The van der Waals surface area contributed by atoms with Crippen LogP contribution in [0.15, 0.2) is 0 Å². The summed E-state index contributed by atoms with van der Waals surface area (Å²) < 4.78 is 12.2. The van der Waals surface area contributed by atoms with Gasteiger partial charge in [0.05, 0.1) is 0 Å². The second kappa shape index (κ2) is 7.99. The summed E-state index contributed by atoms with van der Waals surface area (Å²) in [5.41, 5.74) is 0.833. The largest absolute Gasteiger partial charge is 0.460 e. The molecule has 10 atom stereocenters. The zero-order valence-electron chi connectivity index (χ0n) is 21.6. The monoisotopic (exact) mass is 444 g/mol. The minimum Gasteiger partial charge on any atom is -0.460 e. The van der Waals surface area contributed by atoms with E-state index in [9.17, 15) is 4.79 Å². The van der Waals surface area contributed by atoms with Crippen LogP contribution in [0.2, 0.25) is 0 Å². The standard InChI is InChI=1S/C29H48O3/c1-18(2)8-7-9-19(3)22-10-11-23-21-12-17-29-26(32-29)25(31-20(4)30)14-16-28(29,6)24(21)13-15-27(22,23)5/h18-19,21-26H,7-17H2,1-6H3/t19-,21+,22+,23+,24-,25-,26-,27-,28-,29-/m1/s1. The van der Waals surface area contributed by atoms with Crippen LogP contribution in [-0.4, -0.2) is 23.8 Å². The number of esters is 1. The maximum absolute atomic E-state index is 11.6. The first-order valence-corrected chi connectivity index (χ1v) is 14.0. The van der Waals surface area contributed by atoms with E-state index in [2.05, 4.69) is 34.6 Å². The lowest BCUT2D eigenvalue weighted by Gasteiger charge is -2.60. The number of carbonyl (C=O) groups excluding carboxylic acids is 1. The molecule has 3 nitrogen and oxygen atoms in total. The first kappa shape index (κ1) is 23.2. The minimum atomic E-state index is -0.147. The maximum atomic E-state index is 11.6. The fourth-order valence-electron chi connectivity index (χ4n) is 10.0. The van der Waals surface area contributed by atoms with Gasteiger partial charge in [0.25, 0.3) is 0 Å². The van der Waals surface area contributed by atoms with Crippen molar-refractivity contribution in [1.29, 1.82) is 0 Å². The molecule has 0 N–H and O–H groups in total. The number of fused-ring (bicyclic) bond motifs is 4. The van der Waals surface area contributed by atoms with Crippen molar-refractivity contribution in [3.05, 3.63) is 0 Å². The van der Waals surface area contributed by atoms with Gasteiger partial charge in [0.1, 0.15) is 17.8 Å². The Bertz CT molecular complexity index is 732. The van der Waals surface area contributed by atoms with Crippen molar-refractivity contribution in [2.24, 2.45) is 46.3 Å². The van der Waals surface area contributed by atoms with E-state index in [-0.39, 0.29) is 29.2 Å². The maximum Gasteiger partial charge on any atom is 0.302 e. The van der Waals surface area contributed by atoms with Gasteiger partial charge in [0.2, 0.25) is 0 Å². The zero-order valence-corrected chi connectivity index (χ0v) is 21.6. The Morgan fingerprint density at radius 2 is 1.75 bits per heavy atom. The minimum absolute atomic E-state index is 0.00240. The van der Waals surface area contributed by atoms with Gasteiger partial charge in [-0.05, 0) is 92.3 Å². The number of hydrogen-bond acceptors (Lipinski definition) is 3. The van der Waals surface area contributed by atoms with Crippen LogP contribution < -0.4 is 0 Å². The van der Waals surface area contributed by atoms with Gasteiger partial charge in [-0.3, -0.25) is 4.79 Å². The van der Waals surface area contributed by atoms with Crippen LogP contribution in [0.4, 0.5) is 0 Å². The molecule has 1 saturated heterocycles. The van der Waals surface area contributed by atoms with Gasteiger partial charge in [-0.25, -0.2) is 0 Å². The topological polar surface area (TPSA) is 38.8 Å². The first-order chi connectivity index (χ1) is 15.1. The average Bonchev–Trinajstić information content (AvgIpc) is 3.36. The third kappa shape index (κ3) is 3.34. The Hall–Kier alpha value is -0.570. The molecule has 0 bridgehead atoms. The third-order valence-electron chi connectivity index (χ3n) is 11.6. The molecule has 4 aliphatic carbocycles. The molecule has 182 valence electrons. The van der Waals surface area contributed by atoms with Crippen molar-refractivity contribution in [2.75, 3.05) is 0 Å². The molecule has 0 radical (unpaired) electrons. The number of epoxide rings is 1.